The molecule has 3 aromatic heterocycles. The molecule has 0 aliphatic rings. The average molecular weight is 346 g/mol. The van der Waals surface area contributed by atoms with Gasteiger partial charge >= 0.3 is 0 Å². The molecule has 0 bridgehead atoms. The van der Waals surface area contributed by atoms with Crippen molar-refractivity contribution in [1.82, 2.24) is 29.2 Å². The first-order chi connectivity index (χ1) is 12.8. The molecule has 0 spiro atoms. The standard InChI is InChI=1S/C20H22N6/c1-2-17(14-25-12-10-21-15-25)23-13-18-19(16-7-4-3-5-8-16)24-20-22-9-6-11-26(18)20/h3-12,15,17,23H,2,13-14H2,1H3. The minimum atomic E-state index is 0.357. The Morgan fingerprint density at radius 2 is 1.96 bits per heavy atom. The van der Waals surface area contributed by atoms with Crippen LogP contribution in [-0.2, 0) is 13.1 Å². The van der Waals surface area contributed by atoms with Crippen LogP contribution in [0.15, 0.2) is 67.5 Å². The Balaban J connectivity index is 1.62. The fourth-order valence-corrected chi connectivity index (χ4v) is 3.16. The summed E-state index contributed by atoms with van der Waals surface area (Å²) in [5.74, 6) is 0.728. The van der Waals surface area contributed by atoms with Crippen LogP contribution in [0.1, 0.15) is 19.0 Å². The van der Waals surface area contributed by atoms with Gasteiger partial charge in [-0.1, -0.05) is 37.3 Å². The molecule has 26 heavy (non-hydrogen) atoms. The van der Waals surface area contributed by atoms with Crippen molar-refractivity contribution in [2.24, 2.45) is 0 Å². The maximum Gasteiger partial charge on any atom is 0.234 e. The zero-order valence-electron chi connectivity index (χ0n) is 14.8. The summed E-state index contributed by atoms with van der Waals surface area (Å²) < 4.78 is 4.18. The quantitative estimate of drug-likeness (QED) is 0.558. The summed E-state index contributed by atoms with van der Waals surface area (Å²) in [5, 5.41) is 3.68. The number of nitrogens with zero attached hydrogens (tertiary/aromatic N) is 5. The van der Waals surface area contributed by atoms with Gasteiger partial charge in [0.1, 0.15) is 0 Å². The van der Waals surface area contributed by atoms with E-state index in [1.807, 2.05) is 49.2 Å². The van der Waals surface area contributed by atoms with Gasteiger partial charge in [0.25, 0.3) is 0 Å². The molecule has 0 amide bonds. The summed E-state index contributed by atoms with van der Waals surface area (Å²) in [5.41, 5.74) is 3.22. The molecule has 6 nitrogen and oxygen atoms in total. The number of imidazole rings is 2. The van der Waals surface area contributed by atoms with E-state index in [0.29, 0.717) is 6.04 Å². The van der Waals surface area contributed by atoms with Crippen LogP contribution in [0.3, 0.4) is 0 Å². The van der Waals surface area contributed by atoms with Crippen LogP contribution in [0.2, 0.25) is 0 Å². The van der Waals surface area contributed by atoms with E-state index in [4.69, 9.17) is 4.98 Å². The molecule has 1 atom stereocenters. The van der Waals surface area contributed by atoms with Crippen molar-refractivity contribution < 1.29 is 0 Å². The third kappa shape index (κ3) is 3.36. The lowest BCUT2D eigenvalue weighted by Crippen LogP contribution is -2.32. The zero-order chi connectivity index (χ0) is 17.8. The number of hydrogen-bond donors (Lipinski definition) is 1. The van der Waals surface area contributed by atoms with Crippen LogP contribution in [0.4, 0.5) is 0 Å². The third-order valence-corrected chi connectivity index (χ3v) is 4.59. The lowest BCUT2D eigenvalue weighted by Gasteiger charge is -2.18. The monoisotopic (exact) mass is 346 g/mol. The van der Waals surface area contributed by atoms with Gasteiger partial charge in [0.15, 0.2) is 0 Å². The average Bonchev–Trinajstić information content (AvgIpc) is 3.33. The Bertz CT molecular complexity index is 959. The van der Waals surface area contributed by atoms with E-state index in [-0.39, 0.29) is 0 Å². The summed E-state index contributed by atoms with van der Waals surface area (Å²) in [6, 6.07) is 12.6. The third-order valence-electron chi connectivity index (χ3n) is 4.59. The molecule has 132 valence electrons. The second kappa shape index (κ2) is 7.49. The van der Waals surface area contributed by atoms with Crippen LogP contribution >= 0.6 is 0 Å². The fourth-order valence-electron chi connectivity index (χ4n) is 3.16. The van der Waals surface area contributed by atoms with Crippen LogP contribution in [0.5, 0.6) is 0 Å². The summed E-state index contributed by atoms with van der Waals surface area (Å²) in [4.78, 5) is 13.3. The molecule has 0 aliphatic heterocycles. The van der Waals surface area contributed by atoms with E-state index in [2.05, 4.69) is 43.3 Å². The lowest BCUT2D eigenvalue weighted by atomic mass is 10.1. The second-order valence-corrected chi connectivity index (χ2v) is 6.31. The molecular formula is C20H22N6. The van der Waals surface area contributed by atoms with E-state index < -0.39 is 0 Å². The first kappa shape index (κ1) is 16.5. The van der Waals surface area contributed by atoms with Crippen LogP contribution < -0.4 is 5.32 Å². The normalized spacial score (nSPS) is 12.5. The highest BCUT2D eigenvalue weighted by Crippen LogP contribution is 2.23. The molecule has 1 aromatic carbocycles. The molecule has 1 unspecified atom stereocenters. The number of aromatic nitrogens is 5. The topological polar surface area (TPSA) is 60.0 Å². The first-order valence-corrected chi connectivity index (χ1v) is 8.91. The van der Waals surface area contributed by atoms with Gasteiger partial charge in [0.05, 0.1) is 17.7 Å². The summed E-state index contributed by atoms with van der Waals surface area (Å²) >= 11 is 0. The molecule has 0 saturated carbocycles. The number of benzene rings is 1. The Morgan fingerprint density at radius 1 is 1.08 bits per heavy atom. The van der Waals surface area contributed by atoms with Crippen LogP contribution in [0, 0.1) is 0 Å². The minimum Gasteiger partial charge on any atom is -0.336 e. The number of hydrogen-bond acceptors (Lipinski definition) is 4. The summed E-state index contributed by atoms with van der Waals surface area (Å²) in [7, 11) is 0. The predicted octanol–water partition coefficient (Wildman–Crippen LogP) is 3.16. The van der Waals surface area contributed by atoms with Crippen molar-refractivity contribution in [2.45, 2.75) is 32.5 Å². The molecule has 4 rings (SSSR count). The molecule has 6 heteroatoms. The summed E-state index contributed by atoms with van der Waals surface area (Å²) in [6.07, 6.45) is 10.5. The maximum atomic E-state index is 4.76. The van der Waals surface area contributed by atoms with Crippen molar-refractivity contribution in [2.75, 3.05) is 0 Å². The Kier molecular flexibility index (Phi) is 4.75. The van der Waals surface area contributed by atoms with E-state index in [1.54, 1.807) is 6.20 Å². The van der Waals surface area contributed by atoms with Gasteiger partial charge in [0, 0.05) is 49.5 Å². The second-order valence-electron chi connectivity index (χ2n) is 6.31. The van der Waals surface area contributed by atoms with Gasteiger partial charge in [0.2, 0.25) is 5.78 Å². The van der Waals surface area contributed by atoms with Gasteiger partial charge in [-0.2, -0.15) is 0 Å². The molecule has 0 fully saturated rings. The van der Waals surface area contributed by atoms with Crippen molar-refractivity contribution in [3.05, 3.63) is 73.2 Å². The zero-order valence-corrected chi connectivity index (χ0v) is 14.8. The number of fused-ring (bicyclic) bond motifs is 1. The molecular weight excluding hydrogens is 324 g/mol. The molecule has 0 saturated heterocycles. The molecule has 1 N–H and O–H groups in total. The van der Waals surface area contributed by atoms with E-state index in [9.17, 15) is 0 Å². The highest BCUT2D eigenvalue weighted by molar-refractivity contribution is 5.65. The van der Waals surface area contributed by atoms with E-state index in [0.717, 1.165) is 42.2 Å². The summed E-state index contributed by atoms with van der Waals surface area (Å²) in [6.45, 7) is 3.82. The minimum absolute atomic E-state index is 0.357. The van der Waals surface area contributed by atoms with Gasteiger partial charge in [-0.25, -0.2) is 15.0 Å². The fraction of sp³-hybridized carbons (Fsp3) is 0.250. The number of nitrogens with one attached hydrogen (secondary N) is 1. The van der Waals surface area contributed by atoms with Gasteiger partial charge in [-0.05, 0) is 12.5 Å². The molecule has 0 radical (unpaired) electrons. The molecule has 4 aromatic rings. The Labute approximate surface area is 152 Å². The highest BCUT2D eigenvalue weighted by atomic mass is 15.1. The molecule has 3 heterocycles. The largest absolute Gasteiger partial charge is 0.336 e. The lowest BCUT2D eigenvalue weighted by molar-refractivity contribution is 0.432. The van der Waals surface area contributed by atoms with Crippen molar-refractivity contribution in [3.8, 4) is 11.3 Å². The smallest absolute Gasteiger partial charge is 0.234 e. The maximum absolute atomic E-state index is 4.76. The SMILES string of the molecule is CCC(Cn1ccnc1)NCc1c(-c2ccccc2)nc2ncccn12. The van der Waals surface area contributed by atoms with E-state index >= 15 is 0 Å². The van der Waals surface area contributed by atoms with Crippen LogP contribution in [-0.4, -0.2) is 30.0 Å². The Hall–Kier alpha value is -2.99. The van der Waals surface area contributed by atoms with Crippen molar-refractivity contribution in [3.63, 3.8) is 0 Å². The van der Waals surface area contributed by atoms with Crippen molar-refractivity contribution in [1.29, 1.82) is 0 Å². The van der Waals surface area contributed by atoms with Crippen molar-refractivity contribution >= 4 is 5.78 Å². The number of rotatable bonds is 7. The van der Waals surface area contributed by atoms with Gasteiger partial charge in [-0.3, -0.25) is 4.40 Å². The molecule has 0 aliphatic carbocycles. The predicted molar refractivity (Wildman–Crippen MR) is 102 cm³/mol. The Morgan fingerprint density at radius 3 is 2.73 bits per heavy atom. The van der Waals surface area contributed by atoms with Gasteiger partial charge in [-0.15, -0.1) is 0 Å². The van der Waals surface area contributed by atoms with Crippen LogP contribution in [0.25, 0.3) is 17.0 Å². The van der Waals surface area contributed by atoms with Gasteiger partial charge < -0.3 is 9.88 Å². The highest BCUT2D eigenvalue weighted by Gasteiger charge is 2.16. The van der Waals surface area contributed by atoms with E-state index in [1.165, 1.54) is 0 Å². The first-order valence-electron chi connectivity index (χ1n) is 8.91.